The van der Waals surface area contributed by atoms with Crippen molar-refractivity contribution in [3.63, 3.8) is 0 Å². The molecule has 1 amide bonds. The Morgan fingerprint density at radius 2 is 1.75 bits per heavy atom. The molecular formula is C27H29NO4. The molecule has 166 valence electrons. The van der Waals surface area contributed by atoms with E-state index < -0.39 is 5.41 Å². The van der Waals surface area contributed by atoms with E-state index in [2.05, 4.69) is 43.4 Å². The number of hydrogen-bond acceptors (Lipinski definition) is 4. The summed E-state index contributed by atoms with van der Waals surface area (Å²) in [4.78, 5) is 13.3. The van der Waals surface area contributed by atoms with E-state index in [-0.39, 0.29) is 14.1 Å². The summed E-state index contributed by atoms with van der Waals surface area (Å²) in [6.07, 6.45) is 1.64. The van der Waals surface area contributed by atoms with Gasteiger partial charge < -0.3 is 19.5 Å². The van der Waals surface area contributed by atoms with Crippen molar-refractivity contribution in [1.29, 1.82) is 0 Å². The molecule has 1 saturated carbocycles. The number of hydrogen-bond donors (Lipinski definition) is 1. The maximum atomic E-state index is 13.3. The summed E-state index contributed by atoms with van der Waals surface area (Å²) in [6.45, 7) is 4.59. The predicted molar refractivity (Wildman–Crippen MR) is 127 cm³/mol. The molecule has 3 aromatic carbocycles. The van der Waals surface area contributed by atoms with Gasteiger partial charge in [0.2, 0.25) is 12.7 Å². The molecule has 32 heavy (non-hydrogen) atoms. The highest BCUT2D eigenvalue weighted by Crippen LogP contribution is 2.51. The maximum absolute atomic E-state index is 13.3. The lowest BCUT2D eigenvalue weighted by Gasteiger charge is -2.18. The summed E-state index contributed by atoms with van der Waals surface area (Å²) >= 11 is 0. The molecule has 0 bridgehead atoms. The minimum absolute atomic E-state index is 0. The average Bonchev–Trinajstić information content (AvgIpc) is 3.50. The average molecular weight is 432 g/mol. The number of nitrogens with one attached hydrogen (secondary N) is 1. The highest BCUT2D eigenvalue weighted by atomic mass is 16.7. The van der Waals surface area contributed by atoms with Gasteiger partial charge in [0.1, 0.15) is 5.75 Å². The third-order valence-corrected chi connectivity index (χ3v) is 6.46. The zero-order valence-corrected chi connectivity index (χ0v) is 18.6. The van der Waals surface area contributed by atoms with Gasteiger partial charge in [0.15, 0.2) is 11.5 Å². The molecule has 1 aliphatic carbocycles. The summed E-state index contributed by atoms with van der Waals surface area (Å²) in [5.41, 5.74) is 4.51. The van der Waals surface area contributed by atoms with E-state index in [0.717, 1.165) is 46.7 Å². The van der Waals surface area contributed by atoms with E-state index in [9.17, 15) is 4.79 Å². The van der Waals surface area contributed by atoms with Gasteiger partial charge in [-0.05, 0) is 65.8 Å². The van der Waals surface area contributed by atoms with Crippen molar-refractivity contribution in [2.75, 3.05) is 19.2 Å². The highest BCUT2D eigenvalue weighted by Gasteiger charge is 2.51. The molecule has 1 N–H and O–H groups in total. The summed E-state index contributed by atoms with van der Waals surface area (Å²) in [5.74, 6) is 2.69. The first-order valence-corrected chi connectivity index (χ1v) is 11.0. The molecule has 1 heterocycles. The lowest BCUT2D eigenvalue weighted by atomic mass is 9.94. The number of carbonyl (C=O) groups is 1. The molecule has 0 saturated heterocycles. The topological polar surface area (TPSA) is 56.8 Å². The molecule has 1 aliphatic heterocycles. The smallest absolute Gasteiger partial charge is 0.235 e. The number of methoxy groups -OCH3 is 1. The second-order valence-corrected chi connectivity index (χ2v) is 8.80. The van der Waals surface area contributed by atoms with Gasteiger partial charge in [0.25, 0.3) is 0 Å². The second-order valence-electron chi connectivity index (χ2n) is 8.80. The highest BCUT2D eigenvalue weighted by molar-refractivity contribution is 6.02. The van der Waals surface area contributed by atoms with Crippen LogP contribution in [0.3, 0.4) is 0 Å². The third-order valence-electron chi connectivity index (χ3n) is 6.46. The molecule has 5 nitrogen and oxygen atoms in total. The third kappa shape index (κ3) is 3.58. The summed E-state index contributed by atoms with van der Waals surface area (Å²) < 4.78 is 16.5. The Hall–Kier alpha value is -3.47. The monoisotopic (exact) mass is 431 g/mol. The summed E-state index contributed by atoms with van der Waals surface area (Å²) in [6, 6.07) is 20.1. The van der Waals surface area contributed by atoms with E-state index in [1.807, 2.05) is 36.4 Å². The predicted octanol–water partition coefficient (Wildman–Crippen LogP) is 6.13. The van der Waals surface area contributed by atoms with Crippen LogP contribution in [0.2, 0.25) is 0 Å². The quantitative estimate of drug-likeness (QED) is 0.510. The van der Waals surface area contributed by atoms with Gasteiger partial charge in [-0.15, -0.1) is 0 Å². The van der Waals surface area contributed by atoms with Crippen molar-refractivity contribution in [3.8, 4) is 28.4 Å². The van der Waals surface area contributed by atoms with Crippen LogP contribution in [-0.2, 0) is 10.2 Å². The zero-order valence-electron chi connectivity index (χ0n) is 18.6. The molecule has 5 rings (SSSR count). The minimum atomic E-state index is -0.514. The standard InChI is InChI=1S/C27H27NO4.H2/c1-17(2)18-4-6-19(7-5-18)22-15-21(9-11-23(22)30-3)28-26(29)27(12-13-27)20-8-10-24-25(14-20)32-16-31-24;/h4-11,14-15,17H,12-13,16H2,1-3H3,(H,28,29);1H. The fraction of sp³-hybridized carbons (Fsp3) is 0.296. The minimum Gasteiger partial charge on any atom is -0.496 e. The van der Waals surface area contributed by atoms with Crippen LogP contribution in [-0.4, -0.2) is 19.8 Å². The fourth-order valence-corrected chi connectivity index (χ4v) is 4.28. The van der Waals surface area contributed by atoms with Gasteiger partial charge in [0.05, 0.1) is 12.5 Å². The number of fused-ring (bicyclic) bond motifs is 1. The van der Waals surface area contributed by atoms with Crippen LogP contribution < -0.4 is 19.5 Å². The van der Waals surface area contributed by atoms with Crippen LogP contribution in [0.25, 0.3) is 11.1 Å². The Balaban J connectivity index is 0.00000259. The molecule has 0 radical (unpaired) electrons. The lowest BCUT2D eigenvalue weighted by Crippen LogP contribution is -2.27. The van der Waals surface area contributed by atoms with Crippen molar-refractivity contribution in [2.45, 2.75) is 38.0 Å². The first kappa shape index (κ1) is 20.4. The Kier molecular flexibility index (Phi) is 5.04. The zero-order chi connectivity index (χ0) is 22.3. The van der Waals surface area contributed by atoms with E-state index >= 15 is 0 Å². The van der Waals surface area contributed by atoms with E-state index in [4.69, 9.17) is 14.2 Å². The van der Waals surface area contributed by atoms with Crippen molar-refractivity contribution < 1.29 is 20.4 Å². The Labute approximate surface area is 189 Å². The summed E-state index contributed by atoms with van der Waals surface area (Å²) in [5, 5.41) is 3.14. The molecule has 1 fully saturated rings. The molecule has 0 spiro atoms. The first-order chi connectivity index (χ1) is 15.5. The molecule has 0 aromatic heterocycles. The number of anilines is 1. The van der Waals surface area contributed by atoms with Gasteiger partial charge in [-0.3, -0.25) is 4.79 Å². The van der Waals surface area contributed by atoms with Crippen LogP contribution in [0.5, 0.6) is 17.2 Å². The first-order valence-electron chi connectivity index (χ1n) is 11.0. The van der Waals surface area contributed by atoms with Gasteiger partial charge in [-0.25, -0.2) is 0 Å². The van der Waals surface area contributed by atoms with Gasteiger partial charge in [-0.2, -0.15) is 0 Å². The van der Waals surface area contributed by atoms with E-state index in [1.54, 1.807) is 7.11 Å². The molecule has 5 heteroatoms. The number of amides is 1. The van der Waals surface area contributed by atoms with Crippen molar-refractivity contribution in [2.24, 2.45) is 0 Å². The van der Waals surface area contributed by atoms with Crippen LogP contribution in [0, 0.1) is 0 Å². The van der Waals surface area contributed by atoms with Gasteiger partial charge >= 0.3 is 0 Å². The number of benzene rings is 3. The molecular weight excluding hydrogens is 402 g/mol. The van der Waals surface area contributed by atoms with Crippen molar-refractivity contribution >= 4 is 11.6 Å². The molecule has 2 aliphatic rings. The van der Waals surface area contributed by atoms with Gasteiger partial charge in [-0.1, -0.05) is 44.2 Å². The SMILES string of the molecule is COc1ccc(NC(=O)C2(c3ccc4c(c3)OCO4)CC2)cc1-c1ccc(C(C)C)cc1.[HH]. The van der Waals surface area contributed by atoms with Crippen LogP contribution in [0.1, 0.15) is 45.2 Å². The molecule has 3 aromatic rings. The van der Waals surface area contributed by atoms with Crippen LogP contribution in [0.4, 0.5) is 5.69 Å². The molecule has 0 atom stereocenters. The van der Waals surface area contributed by atoms with Crippen molar-refractivity contribution in [1.82, 2.24) is 0 Å². The Morgan fingerprint density at radius 3 is 2.44 bits per heavy atom. The summed E-state index contributed by atoms with van der Waals surface area (Å²) in [7, 11) is 1.67. The molecule has 0 unspecified atom stereocenters. The second kappa shape index (κ2) is 7.90. The van der Waals surface area contributed by atoms with E-state index in [0.29, 0.717) is 11.7 Å². The van der Waals surface area contributed by atoms with Crippen LogP contribution in [0.15, 0.2) is 60.7 Å². The Morgan fingerprint density at radius 1 is 1.00 bits per heavy atom. The van der Waals surface area contributed by atoms with Crippen LogP contribution >= 0.6 is 0 Å². The van der Waals surface area contributed by atoms with E-state index in [1.165, 1.54) is 5.56 Å². The maximum Gasteiger partial charge on any atom is 0.235 e. The van der Waals surface area contributed by atoms with Crippen molar-refractivity contribution in [3.05, 3.63) is 71.8 Å². The Bertz CT molecular complexity index is 1170. The lowest BCUT2D eigenvalue weighted by molar-refractivity contribution is -0.118. The number of rotatable bonds is 6. The number of carbonyl (C=O) groups excluding carboxylic acids is 1. The largest absolute Gasteiger partial charge is 0.496 e. The number of ether oxygens (including phenoxy) is 3. The van der Waals surface area contributed by atoms with Gasteiger partial charge in [0, 0.05) is 12.7 Å². The normalized spacial score (nSPS) is 15.5. The fourth-order valence-electron chi connectivity index (χ4n) is 4.28.